The maximum atomic E-state index is 12.5. The number of hydrogen-bond acceptors (Lipinski definition) is 6. The average molecular weight is 459 g/mol. The Kier molecular flexibility index (Phi) is 6.07. The molecule has 3 heterocycles. The molecule has 0 saturated heterocycles. The Morgan fingerprint density at radius 1 is 1.12 bits per heavy atom. The van der Waals surface area contributed by atoms with Crippen LogP contribution in [0.5, 0.6) is 5.75 Å². The number of hydrogen-bond donors (Lipinski definition) is 1. The van der Waals surface area contributed by atoms with E-state index in [4.69, 9.17) is 9.72 Å². The van der Waals surface area contributed by atoms with Gasteiger partial charge in [-0.1, -0.05) is 6.07 Å². The predicted octanol–water partition coefficient (Wildman–Crippen LogP) is 4.37. The number of thiazole rings is 1. The van der Waals surface area contributed by atoms with Gasteiger partial charge in [0.15, 0.2) is 0 Å². The van der Waals surface area contributed by atoms with Gasteiger partial charge in [0.1, 0.15) is 10.8 Å². The van der Waals surface area contributed by atoms with Crippen molar-refractivity contribution in [2.75, 3.05) is 33.8 Å². The number of aromatic nitrogens is 2. The molecular formula is C26H26N4O2S. The van der Waals surface area contributed by atoms with Crippen LogP contribution >= 0.6 is 11.3 Å². The van der Waals surface area contributed by atoms with Gasteiger partial charge in [-0.05, 0) is 79.7 Å². The van der Waals surface area contributed by atoms with Crippen molar-refractivity contribution in [1.29, 1.82) is 0 Å². The van der Waals surface area contributed by atoms with Gasteiger partial charge in [-0.15, -0.1) is 11.3 Å². The van der Waals surface area contributed by atoms with Gasteiger partial charge < -0.3 is 15.0 Å². The molecule has 0 fully saturated rings. The molecule has 1 unspecified atom stereocenters. The summed E-state index contributed by atoms with van der Waals surface area (Å²) >= 11 is 1.72. The fourth-order valence-corrected chi connectivity index (χ4v) is 5.12. The number of ether oxygens (including phenoxy) is 1. The Balaban J connectivity index is 1.34. The van der Waals surface area contributed by atoms with Crippen molar-refractivity contribution >= 4 is 27.5 Å². The Morgan fingerprint density at radius 3 is 2.79 bits per heavy atom. The van der Waals surface area contributed by atoms with Crippen LogP contribution in [0.1, 0.15) is 26.8 Å². The second kappa shape index (κ2) is 9.29. The minimum atomic E-state index is -0.0506. The van der Waals surface area contributed by atoms with E-state index >= 15 is 0 Å². The quantitative estimate of drug-likeness (QED) is 0.465. The lowest BCUT2D eigenvalue weighted by molar-refractivity contribution is 0.0951. The second-order valence-electron chi connectivity index (χ2n) is 8.56. The molecular weight excluding hydrogens is 432 g/mol. The average Bonchev–Trinajstić information content (AvgIpc) is 3.27. The maximum absolute atomic E-state index is 12.5. The molecule has 0 aliphatic carbocycles. The van der Waals surface area contributed by atoms with E-state index < -0.39 is 0 Å². The third-order valence-corrected chi connectivity index (χ3v) is 7.02. The number of fused-ring (bicyclic) bond motifs is 2. The minimum Gasteiger partial charge on any atom is -0.493 e. The van der Waals surface area contributed by atoms with Crippen LogP contribution in [0.3, 0.4) is 0 Å². The van der Waals surface area contributed by atoms with E-state index in [9.17, 15) is 4.79 Å². The number of amides is 1. The van der Waals surface area contributed by atoms with Gasteiger partial charge in [-0.25, -0.2) is 4.98 Å². The van der Waals surface area contributed by atoms with Gasteiger partial charge in [0.05, 0.1) is 16.8 Å². The molecule has 1 atom stereocenters. The van der Waals surface area contributed by atoms with Gasteiger partial charge >= 0.3 is 0 Å². The van der Waals surface area contributed by atoms with Crippen molar-refractivity contribution in [3.63, 3.8) is 0 Å². The Bertz CT molecular complexity index is 1290. The number of nitrogens with zero attached hydrogens (tertiary/aromatic N) is 3. The van der Waals surface area contributed by atoms with Crippen LogP contribution in [0.2, 0.25) is 0 Å². The highest BCUT2D eigenvalue weighted by Gasteiger charge is 2.25. The highest BCUT2D eigenvalue weighted by molar-refractivity contribution is 7.18. The zero-order valence-corrected chi connectivity index (χ0v) is 19.6. The van der Waals surface area contributed by atoms with Crippen LogP contribution in [-0.2, 0) is 6.42 Å². The summed E-state index contributed by atoms with van der Waals surface area (Å²) in [5.41, 5.74) is 5.04. The summed E-state index contributed by atoms with van der Waals surface area (Å²) in [5, 5.41) is 4.05. The van der Waals surface area contributed by atoms with Crippen LogP contribution in [0.4, 0.5) is 0 Å². The zero-order valence-electron chi connectivity index (χ0n) is 18.7. The molecule has 1 aliphatic rings. The lowest BCUT2D eigenvalue weighted by Gasteiger charge is -2.24. The molecule has 168 valence electrons. The van der Waals surface area contributed by atoms with Crippen LogP contribution in [0.15, 0.2) is 60.9 Å². The zero-order chi connectivity index (χ0) is 22.8. The molecule has 0 radical (unpaired) electrons. The van der Waals surface area contributed by atoms with E-state index in [1.165, 1.54) is 4.70 Å². The van der Waals surface area contributed by atoms with E-state index in [-0.39, 0.29) is 11.8 Å². The first-order valence-corrected chi connectivity index (χ1v) is 11.9. The topological polar surface area (TPSA) is 67.4 Å². The smallest absolute Gasteiger partial charge is 0.251 e. The van der Waals surface area contributed by atoms with E-state index in [1.54, 1.807) is 11.3 Å². The number of nitrogens with one attached hydrogen (secondary N) is 1. The van der Waals surface area contributed by atoms with Crippen molar-refractivity contribution in [2.45, 2.75) is 12.3 Å². The third kappa shape index (κ3) is 4.74. The minimum absolute atomic E-state index is 0.0506. The van der Waals surface area contributed by atoms with Crippen LogP contribution in [0.25, 0.3) is 21.3 Å². The third-order valence-electron chi connectivity index (χ3n) is 5.84. The molecule has 0 bridgehead atoms. The van der Waals surface area contributed by atoms with Crippen LogP contribution in [-0.4, -0.2) is 54.6 Å². The van der Waals surface area contributed by atoms with E-state index in [0.29, 0.717) is 18.7 Å². The maximum Gasteiger partial charge on any atom is 0.251 e. The molecule has 6 nitrogen and oxygen atoms in total. The van der Waals surface area contributed by atoms with Crippen molar-refractivity contribution in [3.8, 4) is 16.9 Å². The predicted molar refractivity (Wildman–Crippen MR) is 132 cm³/mol. The van der Waals surface area contributed by atoms with Crippen LogP contribution in [0, 0.1) is 0 Å². The van der Waals surface area contributed by atoms with Crippen molar-refractivity contribution < 1.29 is 9.53 Å². The number of rotatable bonds is 6. The largest absolute Gasteiger partial charge is 0.493 e. The molecule has 1 amide bonds. The normalized spacial score (nSPS) is 15.3. The van der Waals surface area contributed by atoms with Crippen molar-refractivity contribution in [2.24, 2.45) is 0 Å². The highest BCUT2D eigenvalue weighted by Crippen LogP contribution is 2.37. The molecule has 5 rings (SSSR count). The number of likely N-dealkylation sites (N-methyl/N-ethyl adjacent to an activating group) is 1. The number of carbonyl (C=O) groups excluding carboxylic acids is 1. The molecule has 2 aromatic heterocycles. The van der Waals surface area contributed by atoms with Crippen LogP contribution < -0.4 is 10.1 Å². The molecule has 33 heavy (non-hydrogen) atoms. The first-order valence-electron chi connectivity index (χ1n) is 11.1. The lowest BCUT2D eigenvalue weighted by Crippen LogP contribution is -2.31. The summed E-state index contributed by atoms with van der Waals surface area (Å²) in [7, 11) is 3.98. The molecule has 0 saturated carbocycles. The van der Waals surface area contributed by atoms with Gasteiger partial charge in [0.25, 0.3) is 5.91 Å². The number of carbonyl (C=O) groups is 1. The van der Waals surface area contributed by atoms with Crippen molar-refractivity contribution in [3.05, 3.63) is 77.1 Å². The van der Waals surface area contributed by atoms with Crippen molar-refractivity contribution in [1.82, 2.24) is 20.2 Å². The molecule has 4 aromatic rings. The fourth-order valence-electron chi connectivity index (χ4n) is 4.03. The SMILES string of the molecule is CN(C)CCNC(=O)c1ccc2c(c1)CC(c1nc3ccc(-c4ccncc4)cc3s1)CO2. The van der Waals surface area contributed by atoms with Gasteiger partial charge in [0.2, 0.25) is 0 Å². The Labute approximate surface area is 197 Å². The summed E-state index contributed by atoms with van der Waals surface area (Å²) in [6.07, 6.45) is 4.43. The lowest BCUT2D eigenvalue weighted by atomic mass is 9.95. The molecule has 1 aliphatic heterocycles. The Morgan fingerprint density at radius 2 is 1.97 bits per heavy atom. The summed E-state index contributed by atoms with van der Waals surface area (Å²) < 4.78 is 7.21. The first-order chi connectivity index (χ1) is 16.1. The number of benzene rings is 2. The summed E-state index contributed by atoms with van der Waals surface area (Å²) in [4.78, 5) is 23.6. The monoisotopic (exact) mass is 458 g/mol. The van der Waals surface area contributed by atoms with Gasteiger partial charge in [0, 0.05) is 37.0 Å². The van der Waals surface area contributed by atoms with E-state index in [1.807, 2.05) is 61.7 Å². The molecule has 0 spiro atoms. The van der Waals surface area contributed by atoms with Gasteiger partial charge in [-0.3, -0.25) is 9.78 Å². The molecule has 1 N–H and O–H groups in total. The fraction of sp³-hybridized carbons (Fsp3) is 0.269. The Hall–Kier alpha value is -3.29. The second-order valence-corrected chi connectivity index (χ2v) is 9.63. The number of pyridine rings is 1. The summed E-state index contributed by atoms with van der Waals surface area (Å²) in [6.45, 7) is 2.02. The van der Waals surface area contributed by atoms with Gasteiger partial charge in [-0.2, -0.15) is 0 Å². The molecule has 7 heteroatoms. The molecule has 2 aromatic carbocycles. The van der Waals surface area contributed by atoms with E-state index in [2.05, 4.69) is 28.5 Å². The highest BCUT2D eigenvalue weighted by atomic mass is 32.1. The standard InChI is InChI=1S/C26H26N4O2S/c1-30(2)12-11-28-25(31)19-4-6-23-20(13-19)14-21(16-32-23)26-29-22-5-3-18(15-24(22)33-26)17-7-9-27-10-8-17/h3-10,13,15,21H,11-12,14,16H2,1-2H3,(H,28,31). The first kappa shape index (κ1) is 21.6. The summed E-state index contributed by atoms with van der Waals surface area (Å²) in [6, 6.07) is 16.1. The van der Waals surface area contributed by atoms with E-state index in [0.717, 1.165) is 45.9 Å². The summed E-state index contributed by atoms with van der Waals surface area (Å²) in [5.74, 6) is 0.980.